The molecule has 9 heteroatoms. The van der Waals surface area contributed by atoms with Gasteiger partial charge >= 0.3 is 0 Å². The Balaban J connectivity index is 1.50. The summed E-state index contributed by atoms with van der Waals surface area (Å²) in [6, 6.07) is 3.72. The molecule has 0 bridgehead atoms. The van der Waals surface area contributed by atoms with Crippen molar-refractivity contribution in [3.8, 4) is 11.5 Å². The summed E-state index contributed by atoms with van der Waals surface area (Å²) in [5, 5.41) is 8.26. The SMILES string of the molecule is CC(C)CN1CCN(Cc2nnc(-c3cccnc3)o2)[C@H]2CS(=O)(=O)C[C@H]21. The molecule has 2 aromatic heterocycles. The molecule has 2 aromatic rings. The second-order valence-electron chi connectivity index (χ2n) is 7.81. The van der Waals surface area contributed by atoms with Crippen LogP contribution in [0, 0.1) is 5.92 Å². The number of pyridine rings is 1. The molecule has 0 spiro atoms. The standard InChI is InChI=1S/C18H25N5O3S/c1-13(2)9-22-6-7-23(16-12-27(24,25)11-15(16)22)10-17-20-21-18(26-17)14-4-3-5-19-8-14/h3-5,8,13,15-16H,6-7,9-12H2,1-2H3/t15-,16+/m1/s1. The summed E-state index contributed by atoms with van der Waals surface area (Å²) in [6.45, 7) is 7.40. The molecule has 8 nitrogen and oxygen atoms in total. The Bertz CT molecular complexity index is 883. The number of nitrogens with zero attached hydrogens (tertiary/aromatic N) is 5. The minimum absolute atomic E-state index is 0.0174. The van der Waals surface area contributed by atoms with Crippen molar-refractivity contribution < 1.29 is 12.8 Å². The van der Waals surface area contributed by atoms with Crippen molar-refractivity contribution in [1.82, 2.24) is 25.0 Å². The molecule has 2 atom stereocenters. The van der Waals surface area contributed by atoms with Crippen molar-refractivity contribution >= 4 is 9.84 Å². The highest BCUT2D eigenvalue weighted by atomic mass is 32.2. The van der Waals surface area contributed by atoms with Crippen molar-refractivity contribution in [2.75, 3.05) is 31.1 Å². The van der Waals surface area contributed by atoms with Gasteiger partial charge in [0.15, 0.2) is 9.84 Å². The second kappa shape index (κ2) is 7.29. The minimum Gasteiger partial charge on any atom is -0.419 e. The van der Waals surface area contributed by atoms with E-state index in [-0.39, 0.29) is 23.6 Å². The van der Waals surface area contributed by atoms with E-state index in [9.17, 15) is 8.42 Å². The highest BCUT2D eigenvalue weighted by Crippen LogP contribution is 2.29. The van der Waals surface area contributed by atoms with E-state index in [0.717, 1.165) is 25.2 Å². The largest absolute Gasteiger partial charge is 0.419 e. The zero-order chi connectivity index (χ0) is 19.0. The van der Waals surface area contributed by atoms with Crippen molar-refractivity contribution in [1.29, 1.82) is 0 Å². The van der Waals surface area contributed by atoms with Crippen LogP contribution in [0.1, 0.15) is 19.7 Å². The number of hydrogen-bond acceptors (Lipinski definition) is 8. The van der Waals surface area contributed by atoms with Crippen LogP contribution in [0.15, 0.2) is 28.9 Å². The summed E-state index contributed by atoms with van der Waals surface area (Å²) >= 11 is 0. The molecule has 27 heavy (non-hydrogen) atoms. The van der Waals surface area contributed by atoms with Crippen molar-refractivity contribution in [2.24, 2.45) is 5.92 Å². The van der Waals surface area contributed by atoms with E-state index in [4.69, 9.17) is 4.42 Å². The molecule has 2 aliphatic heterocycles. The zero-order valence-electron chi connectivity index (χ0n) is 15.7. The van der Waals surface area contributed by atoms with Crippen LogP contribution in [0.5, 0.6) is 0 Å². The van der Waals surface area contributed by atoms with Crippen LogP contribution in [0.3, 0.4) is 0 Å². The molecule has 2 saturated heterocycles. The molecule has 0 unspecified atom stereocenters. The summed E-state index contributed by atoms with van der Waals surface area (Å²) in [5.41, 5.74) is 0.777. The molecular formula is C18H25N5O3S. The fraction of sp³-hybridized carbons (Fsp3) is 0.611. The van der Waals surface area contributed by atoms with Crippen LogP contribution < -0.4 is 0 Å². The maximum atomic E-state index is 12.3. The van der Waals surface area contributed by atoms with Crippen molar-refractivity contribution in [3.63, 3.8) is 0 Å². The molecule has 0 saturated carbocycles. The first kappa shape index (κ1) is 18.5. The lowest BCUT2D eigenvalue weighted by molar-refractivity contribution is 0.0292. The van der Waals surface area contributed by atoms with E-state index >= 15 is 0 Å². The van der Waals surface area contributed by atoms with Crippen LogP contribution >= 0.6 is 0 Å². The molecule has 4 rings (SSSR count). The third-order valence-electron chi connectivity index (χ3n) is 5.22. The first-order valence-corrected chi connectivity index (χ1v) is 11.1. The highest BCUT2D eigenvalue weighted by molar-refractivity contribution is 7.91. The van der Waals surface area contributed by atoms with Gasteiger partial charge in [0.2, 0.25) is 11.8 Å². The lowest BCUT2D eigenvalue weighted by Crippen LogP contribution is -2.59. The third kappa shape index (κ3) is 4.04. The molecule has 0 aliphatic carbocycles. The molecule has 0 aromatic carbocycles. The summed E-state index contributed by atoms with van der Waals surface area (Å²) in [6.07, 6.45) is 3.37. The minimum atomic E-state index is -3.02. The highest BCUT2D eigenvalue weighted by Gasteiger charge is 2.46. The Hall–Kier alpha value is -1.84. The normalized spacial score (nSPS) is 25.7. The van der Waals surface area contributed by atoms with E-state index in [0.29, 0.717) is 24.2 Å². The molecule has 2 fully saturated rings. The van der Waals surface area contributed by atoms with Crippen LogP contribution in [-0.4, -0.2) is 76.6 Å². The lowest BCUT2D eigenvalue weighted by atomic mass is 10.0. The fourth-order valence-electron chi connectivity index (χ4n) is 4.09. The number of rotatable bonds is 5. The Labute approximate surface area is 159 Å². The average Bonchev–Trinajstić information content (AvgIpc) is 3.21. The number of aromatic nitrogens is 3. The molecule has 2 aliphatic rings. The van der Waals surface area contributed by atoms with Crippen molar-refractivity contribution in [3.05, 3.63) is 30.4 Å². The lowest BCUT2D eigenvalue weighted by Gasteiger charge is -2.44. The van der Waals surface area contributed by atoms with Gasteiger partial charge in [0, 0.05) is 44.1 Å². The number of fused-ring (bicyclic) bond motifs is 1. The summed E-state index contributed by atoms with van der Waals surface area (Å²) in [5.74, 6) is 1.90. The molecule has 146 valence electrons. The van der Waals surface area contributed by atoms with Crippen LogP contribution in [0.25, 0.3) is 11.5 Å². The molecule has 0 N–H and O–H groups in total. The van der Waals surface area contributed by atoms with E-state index < -0.39 is 9.84 Å². The summed E-state index contributed by atoms with van der Waals surface area (Å²) in [4.78, 5) is 8.59. The van der Waals surface area contributed by atoms with E-state index in [1.165, 1.54) is 0 Å². The quantitative estimate of drug-likeness (QED) is 0.747. The Morgan fingerprint density at radius 1 is 1.19 bits per heavy atom. The molecular weight excluding hydrogens is 366 g/mol. The third-order valence-corrected chi connectivity index (χ3v) is 6.92. The van der Waals surface area contributed by atoms with Crippen LogP contribution in [0.4, 0.5) is 0 Å². The van der Waals surface area contributed by atoms with Gasteiger partial charge in [0.05, 0.1) is 23.6 Å². The van der Waals surface area contributed by atoms with Crippen molar-refractivity contribution in [2.45, 2.75) is 32.5 Å². The molecule has 0 amide bonds. The van der Waals surface area contributed by atoms with Gasteiger partial charge in [-0.1, -0.05) is 13.8 Å². The van der Waals surface area contributed by atoms with E-state index in [1.807, 2.05) is 12.1 Å². The van der Waals surface area contributed by atoms with Gasteiger partial charge in [0.25, 0.3) is 0 Å². The molecule has 0 radical (unpaired) electrons. The van der Waals surface area contributed by atoms with Gasteiger partial charge in [-0.05, 0) is 18.1 Å². The van der Waals surface area contributed by atoms with E-state index in [1.54, 1.807) is 12.4 Å². The van der Waals surface area contributed by atoms with Gasteiger partial charge in [-0.25, -0.2) is 8.42 Å². The maximum Gasteiger partial charge on any atom is 0.249 e. The number of piperazine rings is 1. The molecule has 4 heterocycles. The van der Waals surface area contributed by atoms with E-state index in [2.05, 4.69) is 38.8 Å². The Morgan fingerprint density at radius 3 is 2.63 bits per heavy atom. The zero-order valence-corrected chi connectivity index (χ0v) is 16.5. The monoisotopic (exact) mass is 391 g/mol. The smallest absolute Gasteiger partial charge is 0.249 e. The first-order chi connectivity index (χ1) is 12.9. The Kier molecular flexibility index (Phi) is 5.00. The Morgan fingerprint density at radius 2 is 1.93 bits per heavy atom. The average molecular weight is 391 g/mol. The van der Waals surface area contributed by atoms with Gasteiger partial charge in [0.1, 0.15) is 0 Å². The van der Waals surface area contributed by atoms with Gasteiger partial charge < -0.3 is 4.42 Å². The first-order valence-electron chi connectivity index (χ1n) is 9.32. The van der Waals surface area contributed by atoms with Gasteiger partial charge in [-0.3, -0.25) is 14.8 Å². The second-order valence-corrected chi connectivity index (χ2v) is 9.97. The topological polar surface area (TPSA) is 92.4 Å². The number of hydrogen-bond donors (Lipinski definition) is 0. The predicted octanol–water partition coefficient (Wildman–Crippen LogP) is 1.07. The van der Waals surface area contributed by atoms with Gasteiger partial charge in [-0.15, -0.1) is 10.2 Å². The maximum absolute atomic E-state index is 12.3. The number of sulfone groups is 1. The summed E-state index contributed by atoms with van der Waals surface area (Å²) in [7, 11) is -3.02. The van der Waals surface area contributed by atoms with Gasteiger partial charge in [-0.2, -0.15) is 0 Å². The predicted molar refractivity (Wildman–Crippen MR) is 101 cm³/mol. The summed E-state index contributed by atoms with van der Waals surface area (Å²) < 4.78 is 30.4. The van der Waals surface area contributed by atoms with Crippen LogP contribution in [0.2, 0.25) is 0 Å². The van der Waals surface area contributed by atoms with Crippen LogP contribution in [-0.2, 0) is 16.4 Å². The fourth-order valence-corrected chi connectivity index (χ4v) is 6.13.